The van der Waals surface area contributed by atoms with E-state index < -0.39 is 28.7 Å². The maximum Gasteiger partial charge on any atom is 0.419 e. The Kier molecular flexibility index (Phi) is 6.99. The summed E-state index contributed by atoms with van der Waals surface area (Å²) in [5, 5.41) is 17.7. The summed E-state index contributed by atoms with van der Waals surface area (Å²) in [6, 6.07) is 3.95. The molecule has 0 bridgehead atoms. The fourth-order valence-electron chi connectivity index (χ4n) is 5.88. The summed E-state index contributed by atoms with van der Waals surface area (Å²) in [5.74, 6) is 5.24. The normalized spacial score (nSPS) is 24.5. The second-order valence-corrected chi connectivity index (χ2v) is 11.7. The molecule has 3 aromatic rings. The molecule has 1 aromatic carbocycles. The molecule has 2 unspecified atom stereocenters. The van der Waals surface area contributed by atoms with Crippen LogP contribution in [0.5, 0.6) is 0 Å². The fourth-order valence-corrected chi connectivity index (χ4v) is 6.06. The number of rotatable bonds is 4. The molecule has 2 aromatic heterocycles. The minimum atomic E-state index is -4.50. The second-order valence-electron chi connectivity index (χ2n) is 11.3. The molecule has 212 valence electrons. The van der Waals surface area contributed by atoms with Gasteiger partial charge in [-0.3, -0.25) is 9.48 Å². The zero-order valence-corrected chi connectivity index (χ0v) is 22.8. The van der Waals surface area contributed by atoms with E-state index in [4.69, 9.17) is 11.6 Å². The van der Waals surface area contributed by atoms with E-state index >= 15 is 0 Å². The van der Waals surface area contributed by atoms with Crippen LogP contribution in [0.2, 0.25) is 5.02 Å². The summed E-state index contributed by atoms with van der Waals surface area (Å²) in [6.45, 7) is 3.30. The molecule has 2 aliphatic rings. The number of amides is 1. The number of fused-ring (bicyclic) bond motifs is 1. The lowest BCUT2D eigenvalue weighted by atomic mass is 9.91. The van der Waals surface area contributed by atoms with Crippen LogP contribution in [0.4, 0.5) is 23.2 Å². The van der Waals surface area contributed by atoms with Crippen molar-refractivity contribution in [2.45, 2.75) is 62.8 Å². The summed E-state index contributed by atoms with van der Waals surface area (Å²) in [6.07, 6.45) is 1.04. The van der Waals surface area contributed by atoms with Crippen LogP contribution in [0.15, 0.2) is 36.9 Å². The largest absolute Gasteiger partial charge is 0.419 e. The van der Waals surface area contributed by atoms with Crippen LogP contribution in [-0.2, 0) is 18.8 Å². The average Bonchev–Trinajstić information content (AvgIpc) is 3.62. The predicted octanol–water partition coefficient (Wildman–Crippen LogP) is 5.75. The standard InChI is InChI=1S/C28H28ClF4N5O2/c1-26(2,38-14-19(13-35-38)28(31,32)33)6-7-27(40)11-17-8-16(9-18(17)12-27)23-24(37(3)15-34-23)25(39)36-20-4-5-22(30)21(29)10-20/h4-5,10,13-18,40H,8-9,11-12H2,1-3H3,(H,36,39). The van der Waals surface area contributed by atoms with Crippen LogP contribution in [0.1, 0.15) is 67.2 Å². The quantitative estimate of drug-likeness (QED) is 0.305. The first kappa shape index (κ1) is 28.2. The van der Waals surface area contributed by atoms with Crippen LogP contribution in [0.25, 0.3) is 0 Å². The Balaban J connectivity index is 1.27. The number of hydrogen-bond donors (Lipinski definition) is 2. The summed E-state index contributed by atoms with van der Waals surface area (Å²) < 4.78 is 55.3. The van der Waals surface area contributed by atoms with E-state index in [1.54, 1.807) is 31.8 Å². The van der Waals surface area contributed by atoms with Crippen molar-refractivity contribution >= 4 is 23.2 Å². The van der Waals surface area contributed by atoms with Crippen molar-refractivity contribution in [3.8, 4) is 11.8 Å². The van der Waals surface area contributed by atoms with E-state index in [2.05, 4.69) is 27.2 Å². The van der Waals surface area contributed by atoms with Gasteiger partial charge in [0.05, 0.1) is 28.8 Å². The van der Waals surface area contributed by atoms with Gasteiger partial charge in [0.25, 0.3) is 5.91 Å². The van der Waals surface area contributed by atoms with Gasteiger partial charge in [0.2, 0.25) is 0 Å². The first-order chi connectivity index (χ1) is 18.6. The molecule has 2 fully saturated rings. The molecule has 12 heteroatoms. The number of aryl methyl sites for hydroxylation is 1. The van der Waals surface area contributed by atoms with Crippen molar-refractivity contribution < 1.29 is 27.5 Å². The Bertz CT molecular complexity index is 1500. The van der Waals surface area contributed by atoms with Crippen LogP contribution < -0.4 is 5.32 Å². The lowest BCUT2D eigenvalue weighted by Gasteiger charge is -2.22. The van der Waals surface area contributed by atoms with E-state index in [-0.39, 0.29) is 28.7 Å². The molecule has 2 N–H and O–H groups in total. The highest BCUT2D eigenvalue weighted by atomic mass is 35.5. The van der Waals surface area contributed by atoms with Gasteiger partial charge in [-0.05, 0) is 69.6 Å². The Morgan fingerprint density at radius 2 is 1.90 bits per heavy atom. The van der Waals surface area contributed by atoms with Gasteiger partial charge >= 0.3 is 6.18 Å². The van der Waals surface area contributed by atoms with Gasteiger partial charge in [-0.2, -0.15) is 18.3 Å². The van der Waals surface area contributed by atoms with Gasteiger partial charge < -0.3 is 15.0 Å². The first-order valence-electron chi connectivity index (χ1n) is 12.8. The van der Waals surface area contributed by atoms with Crippen molar-refractivity contribution in [3.05, 3.63) is 64.7 Å². The van der Waals surface area contributed by atoms with Gasteiger partial charge in [0, 0.05) is 24.8 Å². The number of nitrogens with zero attached hydrogens (tertiary/aromatic N) is 4. The number of carbonyl (C=O) groups excluding carboxylic acids is 1. The monoisotopic (exact) mass is 577 g/mol. The number of aliphatic hydroxyl groups is 1. The highest BCUT2D eigenvalue weighted by Gasteiger charge is 2.49. The molecule has 2 saturated carbocycles. The van der Waals surface area contributed by atoms with E-state index in [1.165, 1.54) is 18.2 Å². The molecular weight excluding hydrogens is 550 g/mol. The Labute approximate surface area is 233 Å². The van der Waals surface area contributed by atoms with E-state index in [1.807, 2.05) is 0 Å². The van der Waals surface area contributed by atoms with Crippen LogP contribution in [0.3, 0.4) is 0 Å². The topological polar surface area (TPSA) is 85.0 Å². The molecule has 0 radical (unpaired) electrons. The third-order valence-electron chi connectivity index (χ3n) is 7.87. The fraction of sp³-hybridized carbons (Fsp3) is 0.464. The van der Waals surface area contributed by atoms with Crippen LogP contribution >= 0.6 is 11.6 Å². The third-order valence-corrected chi connectivity index (χ3v) is 8.16. The molecule has 2 aliphatic carbocycles. The highest BCUT2D eigenvalue weighted by Crippen LogP contribution is 2.54. The number of anilines is 1. The summed E-state index contributed by atoms with van der Waals surface area (Å²) in [4.78, 5) is 17.6. The Hall–Kier alpha value is -3.36. The maximum atomic E-state index is 13.5. The van der Waals surface area contributed by atoms with Gasteiger partial charge in [-0.15, -0.1) is 0 Å². The van der Waals surface area contributed by atoms with Crippen molar-refractivity contribution in [1.82, 2.24) is 19.3 Å². The molecule has 40 heavy (non-hydrogen) atoms. The molecule has 2 atom stereocenters. The number of nitrogens with one attached hydrogen (secondary N) is 1. The molecule has 0 spiro atoms. The number of benzene rings is 1. The molecule has 5 rings (SSSR count). The number of hydrogen-bond acceptors (Lipinski definition) is 4. The number of halogens is 5. The highest BCUT2D eigenvalue weighted by molar-refractivity contribution is 6.31. The molecular formula is C28H28ClF4N5O2. The summed E-state index contributed by atoms with van der Waals surface area (Å²) >= 11 is 5.84. The predicted molar refractivity (Wildman–Crippen MR) is 140 cm³/mol. The molecule has 7 nitrogen and oxygen atoms in total. The van der Waals surface area contributed by atoms with Gasteiger partial charge in [-0.1, -0.05) is 23.4 Å². The lowest BCUT2D eigenvalue weighted by molar-refractivity contribution is -0.137. The smallest absolute Gasteiger partial charge is 0.378 e. The van der Waals surface area contributed by atoms with Crippen molar-refractivity contribution in [1.29, 1.82) is 0 Å². The van der Waals surface area contributed by atoms with Crippen LogP contribution in [-0.4, -0.2) is 35.9 Å². The summed E-state index contributed by atoms with van der Waals surface area (Å²) in [7, 11) is 1.73. The number of carbonyl (C=O) groups is 1. The zero-order chi connectivity index (χ0) is 29.0. The minimum Gasteiger partial charge on any atom is -0.378 e. The van der Waals surface area contributed by atoms with Gasteiger partial charge in [0.1, 0.15) is 22.7 Å². The lowest BCUT2D eigenvalue weighted by Crippen LogP contribution is -2.28. The van der Waals surface area contributed by atoms with E-state index in [0.29, 0.717) is 42.8 Å². The Morgan fingerprint density at radius 1 is 1.23 bits per heavy atom. The number of alkyl halides is 3. The number of aromatic nitrogens is 4. The minimum absolute atomic E-state index is 0.00701. The molecule has 0 saturated heterocycles. The maximum absolute atomic E-state index is 13.5. The van der Waals surface area contributed by atoms with Gasteiger partial charge in [0.15, 0.2) is 0 Å². The van der Waals surface area contributed by atoms with Crippen molar-refractivity contribution in [3.63, 3.8) is 0 Å². The molecule has 2 heterocycles. The van der Waals surface area contributed by atoms with Gasteiger partial charge in [-0.25, -0.2) is 9.37 Å². The SMILES string of the molecule is Cn1cnc(C2CC3CC(O)(C#CC(C)(C)n4cc(C(F)(F)F)cn4)CC3C2)c1C(=O)Nc1ccc(F)c(Cl)c1. The molecule has 1 amide bonds. The average molecular weight is 578 g/mol. The second kappa shape index (κ2) is 9.93. The van der Waals surface area contributed by atoms with E-state index in [9.17, 15) is 27.5 Å². The molecule has 0 aliphatic heterocycles. The van der Waals surface area contributed by atoms with E-state index in [0.717, 1.165) is 17.1 Å². The Morgan fingerprint density at radius 3 is 2.50 bits per heavy atom. The number of imidazole rings is 1. The van der Waals surface area contributed by atoms with Crippen molar-refractivity contribution in [2.75, 3.05) is 5.32 Å². The third kappa shape index (κ3) is 5.47. The first-order valence-corrected chi connectivity index (χ1v) is 13.2. The zero-order valence-electron chi connectivity index (χ0n) is 22.1. The van der Waals surface area contributed by atoms with Crippen molar-refractivity contribution in [2.24, 2.45) is 18.9 Å². The van der Waals surface area contributed by atoms with Crippen LogP contribution in [0, 0.1) is 29.5 Å². The summed E-state index contributed by atoms with van der Waals surface area (Å²) in [5.41, 5.74) is -1.74.